The predicted molar refractivity (Wildman–Crippen MR) is 192 cm³/mol. The van der Waals surface area contributed by atoms with Crippen LogP contribution in [0.3, 0.4) is 0 Å². The van der Waals surface area contributed by atoms with Gasteiger partial charge in [-0.3, -0.25) is 9.59 Å². The minimum Gasteiger partial charge on any atom is -0.458 e. The van der Waals surface area contributed by atoms with Crippen molar-refractivity contribution in [3.05, 3.63) is 156 Å². The summed E-state index contributed by atoms with van der Waals surface area (Å²) in [6.45, 7) is 0.705. The SMILES string of the molecule is O=C(NN=Cc1ccc(OC2OCCOC2Oc2ccc(C=NNC(=O)c3cccc4ccccc34)cc2)cc1)c1cccc2ccccc12. The van der Waals surface area contributed by atoms with Gasteiger partial charge in [-0.15, -0.1) is 0 Å². The molecule has 2 amide bonds. The summed E-state index contributed by atoms with van der Waals surface area (Å²) in [4.78, 5) is 25.5. The van der Waals surface area contributed by atoms with Crippen molar-refractivity contribution in [1.29, 1.82) is 0 Å². The van der Waals surface area contributed by atoms with Gasteiger partial charge in [0.1, 0.15) is 11.5 Å². The average molecular weight is 665 g/mol. The fourth-order valence-corrected chi connectivity index (χ4v) is 5.50. The van der Waals surface area contributed by atoms with Gasteiger partial charge < -0.3 is 18.9 Å². The molecule has 0 aliphatic carbocycles. The largest absolute Gasteiger partial charge is 0.458 e. The lowest BCUT2D eigenvalue weighted by Crippen LogP contribution is -2.45. The molecule has 0 aromatic heterocycles. The Morgan fingerprint density at radius 2 is 0.940 bits per heavy atom. The summed E-state index contributed by atoms with van der Waals surface area (Å²) < 4.78 is 23.7. The van der Waals surface area contributed by atoms with Gasteiger partial charge in [0.05, 0.1) is 25.6 Å². The van der Waals surface area contributed by atoms with Crippen molar-refractivity contribution < 1.29 is 28.5 Å². The molecule has 50 heavy (non-hydrogen) atoms. The number of rotatable bonds is 10. The third-order valence-corrected chi connectivity index (χ3v) is 7.96. The van der Waals surface area contributed by atoms with Gasteiger partial charge in [-0.2, -0.15) is 10.2 Å². The van der Waals surface area contributed by atoms with Crippen molar-refractivity contribution in [3.8, 4) is 11.5 Å². The zero-order valence-corrected chi connectivity index (χ0v) is 26.8. The highest BCUT2D eigenvalue weighted by Crippen LogP contribution is 2.23. The number of hydrogen-bond donors (Lipinski definition) is 2. The van der Waals surface area contributed by atoms with E-state index in [0.717, 1.165) is 32.7 Å². The van der Waals surface area contributed by atoms with Crippen LogP contribution in [0.5, 0.6) is 11.5 Å². The first-order chi connectivity index (χ1) is 24.6. The quantitative estimate of drug-likeness (QED) is 0.125. The fraction of sp³-hybridized carbons (Fsp3) is 0.100. The number of benzene rings is 6. The number of fused-ring (bicyclic) bond motifs is 2. The number of hydrogen-bond acceptors (Lipinski definition) is 8. The molecule has 1 aliphatic heterocycles. The van der Waals surface area contributed by atoms with E-state index in [1.54, 1.807) is 48.8 Å². The highest BCUT2D eigenvalue weighted by atomic mass is 16.8. The van der Waals surface area contributed by atoms with Crippen LogP contribution in [0.2, 0.25) is 0 Å². The lowest BCUT2D eigenvalue weighted by atomic mass is 10.0. The molecular formula is C40H32N4O6. The molecule has 0 spiro atoms. The maximum absolute atomic E-state index is 12.7. The van der Waals surface area contributed by atoms with Gasteiger partial charge in [0.25, 0.3) is 24.4 Å². The number of hydrazone groups is 2. The molecule has 2 unspecified atom stereocenters. The van der Waals surface area contributed by atoms with E-state index in [-0.39, 0.29) is 11.8 Å². The molecule has 248 valence electrons. The molecule has 6 aromatic rings. The van der Waals surface area contributed by atoms with Crippen LogP contribution in [0.15, 0.2) is 144 Å². The van der Waals surface area contributed by atoms with Crippen LogP contribution >= 0.6 is 0 Å². The number of carbonyl (C=O) groups is 2. The highest BCUT2D eigenvalue weighted by molar-refractivity contribution is 6.08. The van der Waals surface area contributed by atoms with Crippen molar-refractivity contribution >= 4 is 45.8 Å². The van der Waals surface area contributed by atoms with Crippen LogP contribution in [0.1, 0.15) is 31.8 Å². The monoisotopic (exact) mass is 664 g/mol. The zero-order valence-electron chi connectivity index (χ0n) is 26.8. The van der Waals surface area contributed by atoms with Crippen LogP contribution in [0, 0.1) is 0 Å². The molecule has 7 rings (SSSR count). The molecule has 2 atom stereocenters. The number of ether oxygens (including phenoxy) is 4. The van der Waals surface area contributed by atoms with E-state index >= 15 is 0 Å². The summed E-state index contributed by atoms with van der Waals surface area (Å²) in [6, 6.07) is 40.9. The van der Waals surface area contributed by atoms with Gasteiger partial charge in [0.15, 0.2) is 0 Å². The summed E-state index contributed by atoms with van der Waals surface area (Å²) in [5, 5.41) is 11.9. The molecule has 1 fully saturated rings. The molecule has 1 saturated heterocycles. The third-order valence-electron chi connectivity index (χ3n) is 7.96. The number of amides is 2. The molecule has 0 bridgehead atoms. The molecule has 1 aliphatic rings. The van der Waals surface area contributed by atoms with E-state index in [2.05, 4.69) is 21.1 Å². The average Bonchev–Trinajstić information content (AvgIpc) is 3.16. The topological polar surface area (TPSA) is 120 Å². The maximum atomic E-state index is 12.7. The Bertz CT molecular complexity index is 2020. The van der Waals surface area contributed by atoms with Crippen LogP contribution in [0.25, 0.3) is 21.5 Å². The number of nitrogens with zero attached hydrogens (tertiary/aromatic N) is 2. The van der Waals surface area contributed by atoms with Gasteiger partial charge >= 0.3 is 0 Å². The molecule has 0 saturated carbocycles. The van der Waals surface area contributed by atoms with E-state index in [9.17, 15) is 9.59 Å². The maximum Gasteiger partial charge on any atom is 0.271 e. The van der Waals surface area contributed by atoms with Crippen molar-refractivity contribution in [2.45, 2.75) is 12.6 Å². The second-order valence-corrected chi connectivity index (χ2v) is 11.3. The molecular weight excluding hydrogens is 632 g/mol. The Hall–Kier alpha value is -6.36. The third kappa shape index (κ3) is 7.68. The second-order valence-electron chi connectivity index (χ2n) is 11.3. The number of carbonyl (C=O) groups excluding carboxylic acids is 2. The Morgan fingerprint density at radius 1 is 0.540 bits per heavy atom. The van der Waals surface area contributed by atoms with Crippen molar-refractivity contribution in [2.75, 3.05) is 13.2 Å². The first-order valence-electron chi connectivity index (χ1n) is 16.0. The van der Waals surface area contributed by atoms with E-state index in [0.29, 0.717) is 35.8 Å². The normalized spacial score (nSPS) is 16.1. The zero-order chi connectivity index (χ0) is 34.1. The Kier molecular flexibility index (Phi) is 9.82. The van der Waals surface area contributed by atoms with Crippen LogP contribution in [0.4, 0.5) is 0 Å². The van der Waals surface area contributed by atoms with Gasteiger partial charge in [0, 0.05) is 11.1 Å². The summed E-state index contributed by atoms with van der Waals surface area (Å²) in [6.07, 6.45) is 1.50. The molecule has 6 aromatic carbocycles. The summed E-state index contributed by atoms with van der Waals surface area (Å²) in [5.41, 5.74) is 7.84. The number of nitrogens with one attached hydrogen (secondary N) is 2. The van der Waals surface area contributed by atoms with Crippen LogP contribution in [-0.4, -0.2) is 50.0 Å². The summed E-state index contributed by atoms with van der Waals surface area (Å²) in [5.74, 6) is 0.510. The van der Waals surface area contributed by atoms with E-state index in [1.807, 2.05) is 97.1 Å². The molecule has 0 radical (unpaired) electrons. The highest BCUT2D eigenvalue weighted by Gasteiger charge is 2.31. The summed E-state index contributed by atoms with van der Waals surface area (Å²) >= 11 is 0. The van der Waals surface area contributed by atoms with E-state index in [1.165, 1.54) is 0 Å². The van der Waals surface area contributed by atoms with Gasteiger partial charge in [0.2, 0.25) is 0 Å². The van der Waals surface area contributed by atoms with E-state index < -0.39 is 12.6 Å². The van der Waals surface area contributed by atoms with Crippen molar-refractivity contribution in [3.63, 3.8) is 0 Å². The van der Waals surface area contributed by atoms with Crippen LogP contribution < -0.4 is 20.3 Å². The first kappa shape index (κ1) is 32.2. The molecule has 2 N–H and O–H groups in total. The Labute approximate surface area is 287 Å². The lowest BCUT2D eigenvalue weighted by Gasteiger charge is -2.31. The van der Waals surface area contributed by atoms with Crippen LogP contribution in [-0.2, 0) is 9.47 Å². The summed E-state index contributed by atoms with van der Waals surface area (Å²) in [7, 11) is 0. The fourth-order valence-electron chi connectivity index (χ4n) is 5.50. The second kappa shape index (κ2) is 15.2. The molecule has 10 nitrogen and oxygen atoms in total. The first-order valence-corrected chi connectivity index (χ1v) is 16.0. The van der Waals surface area contributed by atoms with Crippen molar-refractivity contribution in [2.24, 2.45) is 10.2 Å². The minimum atomic E-state index is -0.811. The predicted octanol–water partition coefficient (Wildman–Crippen LogP) is 6.68. The molecule has 10 heteroatoms. The smallest absolute Gasteiger partial charge is 0.271 e. The van der Waals surface area contributed by atoms with Gasteiger partial charge in [-0.1, -0.05) is 72.8 Å². The lowest BCUT2D eigenvalue weighted by molar-refractivity contribution is -0.271. The Balaban J connectivity index is 0.911. The van der Waals surface area contributed by atoms with E-state index in [4.69, 9.17) is 18.9 Å². The van der Waals surface area contributed by atoms with Gasteiger partial charge in [-0.25, -0.2) is 10.9 Å². The minimum absolute atomic E-state index is 0.289. The Morgan fingerprint density at radius 3 is 1.38 bits per heavy atom. The van der Waals surface area contributed by atoms with Gasteiger partial charge in [-0.05, 0) is 93.3 Å². The molecule has 1 heterocycles. The van der Waals surface area contributed by atoms with Crippen molar-refractivity contribution in [1.82, 2.24) is 10.9 Å². The standard InChI is InChI=1S/C40H32N4O6/c45-37(35-13-5-9-29-7-1-3-11-33(29)35)43-41-25-27-15-19-31(20-16-27)49-39-40(48-24-23-47-39)50-32-21-17-28(18-22-32)26-42-44-38(46)36-14-6-10-30-8-2-4-12-34(30)36/h1-22,25-26,39-40H,23-24H2,(H,43,45)(H,44,46).